The van der Waals surface area contributed by atoms with E-state index in [0.29, 0.717) is 12.6 Å². The molecule has 5 nitrogen and oxygen atoms in total. The van der Waals surface area contributed by atoms with Gasteiger partial charge in [0.25, 0.3) is 0 Å². The van der Waals surface area contributed by atoms with Crippen LogP contribution >= 0.6 is 0 Å². The molecule has 0 spiro atoms. The maximum absolute atomic E-state index is 11.4. The second-order valence-electron chi connectivity index (χ2n) is 5.73. The zero-order chi connectivity index (χ0) is 14.4. The lowest BCUT2D eigenvalue weighted by Gasteiger charge is -2.37. The molecule has 5 heteroatoms. The average molecular weight is 272 g/mol. The summed E-state index contributed by atoms with van der Waals surface area (Å²) in [5, 5.41) is 0. The van der Waals surface area contributed by atoms with Gasteiger partial charge in [0, 0.05) is 32.2 Å². The molecule has 2 unspecified atom stereocenters. The first kappa shape index (κ1) is 16.4. The van der Waals surface area contributed by atoms with E-state index in [-0.39, 0.29) is 18.0 Å². The molecule has 0 aliphatic carbocycles. The monoisotopic (exact) mass is 272 g/mol. The van der Waals surface area contributed by atoms with Gasteiger partial charge in [-0.25, -0.2) is 0 Å². The van der Waals surface area contributed by atoms with Crippen LogP contribution in [0.1, 0.15) is 20.8 Å². The number of nitrogens with zero attached hydrogens (tertiary/aromatic N) is 2. The lowest BCUT2D eigenvalue weighted by molar-refractivity contribution is -0.145. The Kier molecular flexibility index (Phi) is 6.75. The lowest BCUT2D eigenvalue weighted by Crippen LogP contribution is -2.49. The standard InChI is InChI=1S/C14H28N2O3/c1-11(2)16-6-7-19-13(10-16)9-15(4)8-12(3)14(17)18-5/h11-13H,6-10H2,1-5H3. The zero-order valence-electron chi connectivity index (χ0n) is 12.9. The predicted molar refractivity (Wildman–Crippen MR) is 75.1 cm³/mol. The Morgan fingerprint density at radius 2 is 2.16 bits per heavy atom. The van der Waals surface area contributed by atoms with Crippen molar-refractivity contribution in [3.05, 3.63) is 0 Å². The highest BCUT2D eigenvalue weighted by atomic mass is 16.5. The van der Waals surface area contributed by atoms with Crippen LogP contribution in [0.25, 0.3) is 0 Å². The summed E-state index contributed by atoms with van der Waals surface area (Å²) in [7, 11) is 3.46. The molecule has 1 fully saturated rings. The van der Waals surface area contributed by atoms with Gasteiger partial charge in [0.1, 0.15) is 0 Å². The van der Waals surface area contributed by atoms with Crippen molar-refractivity contribution in [2.45, 2.75) is 32.9 Å². The molecule has 1 rings (SSSR count). The minimum atomic E-state index is -0.153. The Bertz CT molecular complexity index is 284. The van der Waals surface area contributed by atoms with Crippen LogP contribution < -0.4 is 0 Å². The zero-order valence-corrected chi connectivity index (χ0v) is 12.9. The molecule has 0 aromatic heterocycles. The molecule has 2 atom stereocenters. The maximum Gasteiger partial charge on any atom is 0.309 e. The van der Waals surface area contributed by atoms with Crippen molar-refractivity contribution < 1.29 is 14.3 Å². The number of methoxy groups -OCH3 is 1. The van der Waals surface area contributed by atoms with E-state index in [1.54, 1.807) is 0 Å². The van der Waals surface area contributed by atoms with Gasteiger partial charge in [-0.3, -0.25) is 9.69 Å². The van der Waals surface area contributed by atoms with Crippen molar-refractivity contribution in [3.63, 3.8) is 0 Å². The number of hydrogen-bond donors (Lipinski definition) is 0. The van der Waals surface area contributed by atoms with Crippen LogP contribution in [0.3, 0.4) is 0 Å². The number of carbonyl (C=O) groups excluding carboxylic acids is 1. The third-order valence-electron chi connectivity index (χ3n) is 3.60. The average Bonchev–Trinajstić information content (AvgIpc) is 2.37. The number of morpholine rings is 1. The fourth-order valence-electron chi connectivity index (χ4n) is 2.49. The minimum absolute atomic E-state index is 0.0974. The number of likely N-dealkylation sites (N-methyl/N-ethyl adjacent to an activating group) is 1. The van der Waals surface area contributed by atoms with E-state index in [1.807, 2.05) is 14.0 Å². The van der Waals surface area contributed by atoms with Crippen molar-refractivity contribution in [1.82, 2.24) is 9.80 Å². The third-order valence-corrected chi connectivity index (χ3v) is 3.60. The van der Waals surface area contributed by atoms with Crippen molar-refractivity contribution in [3.8, 4) is 0 Å². The lowest BCUT2D eigenvalue weighted by atomic mass is 10.1. The van der Waals surface area contributed by atoms with Gasteiger partial charge in [0.05, 0.1) is 25.7 Å². The molecule has 0 aromatic rings. The van der Waals surface area contributed by atoms with Crippen LogP contribution in [0.5, 0.6) is 0 Å². The Morgan fingerprint density at radius 1 is 1.47 bits per heavy atom. The second kappa shape index (κ2) is 7.82. The first-order valence-corrected chi connectivity index (χ1v) is 7.06. The van der Waals surface area contributed by atoms with Crippen molar-refractivity contribution in [1.29, 1.82) is 0 Å². The molecule has 1 saturated heterocycles. The van der Waals surface area contributed by atoms with E-state index in [0.717, 1.165) is 26.2 Å². The van der Waals surface area contributed by atoms with Gasteiger partial charge in [0.2, 0.25) is 0 Å². The summed E-state index contributed by atoms with van der Waals surface area (Å²) < 4.78 is 10.5. The molecular weight excluding hydrogens is 244 g/mol. The third kappa shape index (κ3) is 5.47. The molecule has 0 aromatic carbocycles. The summed E-state index contributed by atoms with van der Waals surface area (Å²) >= 11 is 0. The van der Waals surface area contributed by atoms with Crippen LogP contribution in [0, 0.1) is 5.92 Å². The van der Waals surface area contributed by atoms with Crippen molar-refractivity contribution >= 4 is 5.97 Å². The van der Waals surface area contributed by atoms with Gasteiger partial charge in [0.15, 0.2) is 0 Å². The summed E-state index contributed by atoms with van der Waals surface area (Å²) in [5.74, 6) is -0.250. The number of carbonyl (C=O) groups is 1. The predicted octanol–water partition coefficient (Wildman–Crippen LogP) is 0.837. The number of rotatable bonds is 6. The number of esters is 1. The van der Waals surface area contributed by atoms with E-state index in [2.05, 4.69) is 23.6 Å². The quantitative estimate of drug-likeness (QED) is 0.670. The molecule has 0 amide bonds. The van der Waals surface area contributed by atoms with Gasteiger partial charge in [-0.2, -0.15) is 0 Å². The molecule has 1 aliphatic rings. The second-order valence-corrected chi connectivity index (χ2v) is 5.73. The van der Waals surface area contributed by atoms with Crippen LogP contribution in [0.4, 0.5) is 0 Å². The highest BCUT2D eigenvalue weighted by Crippen LogP contribution is 2.10. The number of hydrogen-bond acceptors (Lipinski definition) is 5. The molecule has 0 bridgehead atoms. The fraction of sp³-hybridized carbons (Fsp3) is 0.929. The summed E-state index contributed by atoms with van der Waals surface area (Å²) in [4.78, 5) is 16.0. The van der Waals surface area contributed by atoms with E-state index in [1.165, 1.54) is 7.11 Å². The van der Waals surface area contributed by atoms with Gasteiger partial charge in [-0.1, -0.05) is 6.92 Å². The van der Waals surface area contributed by atoms with E-state index in [4.69, 9.17) is 9.47 Å². The molecule has 0 radical (unpaired) electrons. The number of ether oxygens (including phenoxy) is 2. The van der Waals surface area contributed by atoms with E-state index in [9.17, 15) is 4.79 Å². The molecular formula is C14H28N2O3. The summed E-state index contributed by atoms with van der Waals surface area (Å²) in [6, 6.07) is 0.561. The van der Waals surface area contributed by atoms with Gasteiger partial charge in [-0.15, -0.1) is 0 Å². The highest BCUT2D eigenvalue weighted by molar-refractivity contribution is 5.72. The Hall–Kier alpha value is -0.650. The van der Waals surface area contributed by atoms with E-state index < -0.39 is 0 Å². The van der Waals surface area contributed by atoms with Gasteiger partial charge in [-0.05, 0) is 20.9 Å². The van der Waals surface area contributed by atoms with E-state index >= 15 is 0 Å². The molecule has 1 aliphatic heterocycles. The molecule has 1 heterocycles. The highest BCUT2D eigenvalue weighted by Gasteiger charge is 2.24. The Morgan fingerprint density at radius 3 is 2.74 bits per heavy atom. The first-order valence-electron chi connectivity index (χ1n) is 7.06. The fourth-order valence-corrected chi connectivity index (χ4v) is 2.49. The maximum atomic E-state index is 11.4. The minimum Gasteiger partial charge on any atom is -0.469 e. The largest absolute Gasteiger partial charge is 0.469 e. The summed E-state index contributed by atoms with van der Waals surface area (Å²) in [6.07, 6.45) is 0.228. The molecule has 0 N–H and O–H groups in total. The normalized spacial score (nSPS) is 22.8. The van der Waals surface area contributed by atoms with Gasteiger partial charge < -0.3 is 14.4 Å². The Labute approximate surface area is 116 Å². The molecule has 112 valence electrons. The summed E-state index contributed by atoms with van der Waals surface area (Å²) in [5.41, 5.74) is 0. The molecule has 0 saturated carbocycles. The van der Waals surface area contributed by atoms with Crippen LogP contribution in [-0.2, 0) is 14.3 Å². The smallest absolute Gasteiger partial charge is 0.309 e. The van der Waals surface area contributed by atoms with Crippen LogP contribution in [0.2, 0.25) is 0 Å². The Balaban J connectivity index is 2.35. The van der Waals surface area contributed by atoms with Crippen molar-refractivity contribution in [2.75, 3.05) is 46.9 Å². The summed E-state index contributed by atoms with van der Waals surface area (Å²) in [6.45, 7) is 10.6. The van der Waals surface area contributed by atoms with Crippen molar-refractivity contribution in [2.24, 2.45) is 5.92 Å². The van der Waals surface area contributed by atoms with Crippen LogP contribution in [-0.4, -0.2) is 74.9 Å². The molecule has 19 heavy (non-hydrogen) atoms. The topological polar surface area (TPSA) is 42.0 Å². The van der Waals surface area contributed by atoms with Gasteiger partial charge >= 0.3 is 5.97 Å². The van der Waals surface area contributed by atoms with Crippen LogP contribution in [0.15, 0.2) is 0 Å². The first-order chi connectivity index (χ1) is 8.93. The SMILES string of the molecule is COC(=O)C(C)CN(C)CC1CN(C(C)C)CCO1.